The quantitative estimate of drug-likeness (QED) is 0.585. The van der Waals surface area contributed by atoms with E-state index in [9.17, 15) is 13.2 Å². The fraction of sp³-hybridized carbons (Fsp3) is 0.235. The average molecular weight is 412 g/mol. The minimum absolute atomic E-state index is 0.132. The molecule has 9 heteroatoms. The fourth-order valence-corrected chi connectivity index (χ4v) is 5.26. The van der Waals surface area contributed by atoms with E-state index in [2.05, 4.69) is 10.0 Å². The van der Waals surface area contributed by atoms with Crippen LogP contribution in [0.1, 0.15) is 5.56 Å². The van der Waals surface area contributed by atoms with Crippen LogP contribution in [-0.2, 0) is 23.6 Å². The molecule has 2 N–H and O–H groups in total. The lowest BCUT2D eigenvalue weighted by molar-refractivity contribution is 0.577. The summed E-state index contributed by atoms with van der Waals surface area (Å²) < 4.78 is 29.7. The maximum atomic E-state index is 12.6. The largest absolute Gasteiger partial charge is 0.311 e. The van der Waals surface area contributed by atoms with Crippen LogP contribution in [0.15, 0.2) is 52.2 Å². The number of halogens is 1. The van der Waals surface area contributed by atoms with Crippen molar-refractivity contribution in [2.24, 2.45) is 7.05 Å². The molecule has 0 fully saturated rings. The Morgan fingerprint density at radius 3 is 2.69 bits per heavy atom. The van der Waals surface area contributed by atoms with Crippen molar-refractivity contribution in [2.45, 2.75) is 11.4 Å². The highest BCUT2D eigenvalue weighted by Crippen LogP contribution is 2.24. The van der Waals surface area contributed by atoms with Gasteiger partial charge in [0, 0.05) is 31.7 Å². The molecule has 1 aromatic heterocycles. The van der Waals surface area contributed by atoms with Crippen LogP contribution in [0.2, 0.25) is 5.02 Å². The lowest BCUT2D eigenvalue weighted by Gasteiger charge is -2.09. The zero-order valence-corrected chi connectivity index (χ0v) is 16.4. The van der Waals surface area contributed by atoms with Crippen molar-refractivity contribution in [3.63, 3.8) is 0 Å². The summed E-state index contributed by atoms with van der Waals surface area (Å²) >= 11 is 6.87. The van der Waals surface area contributed by atoms with E-state index in [4.69, 9.17) is 11.6 Å². The lowest BCUT2D eigenvalue weighted by Crippen LogP contribution is -2.31. The van der Waals surface area contributed by atoms with E-state index in [1.807, 2.05) is 18.2 Å². The minimum Gasteiger partial charge on any atom is -0.311 e. The van der Waals surface area contributed by atoms with Crippen LogP contribution in [0.25, 0.3) is 10.2 Å². The summed E-state index contributed by atoms with van der Waals surface area (Å²) in [6.45, 7) is 1.30. The van der Waals surface area contributed by atoms with Gasteiger partial charge in [-0.1, -0.05) is 41.1 Å². The molecule has 0 saturated heterocycles. The molecule has 26 heavy (non-hydrogen) atoms. The summed E-state index contributed by atoms with van der Waals surface area (Å²) in [5, 5.41) is 3.83. The molecule has 2 aromatic carbocycles. The standard InChI is InChI=1S/C17H18ClN3O3S2/c1-21-14-6-3-7-15(16(14)25-17(21)22)26(23,24)20-9-8-19-11-12-4-2-5-13(18)10-12/h2-7,10,19-20H,8-9,11H2,1H3. The number of benzene rings is 2. The van der Waals surface area contributed by atoms with Gasteiger partial charge in [-0.15, -0.1) is 0 Å². The first-order valence-corrected chi connectivity index (χ1v) is 10.6. The van der Waals surface area contributed by atoms with Crippen LogP contribution < -0.4 is 14.9 Å². The van der Waals surface area contributed by atoms with Gasteiger partial charge in [0.1, 0.15) is 4.90 Å². The predicted molar refractivity (Wildman–Crippen MR) is 105 cm³/mol. The highest BCUT2D eigenvalue weighted by Gasteiger charge is 2.19. The Balaban J connectivity index is 1.63. The number of hydrogen-bond donors (Lipinski definition) is 2. The molecular formula is C17H18ClN3O3S2. The Morgan fingerprint density at radius 2 is 1.92 bits per heavy atom. The Hall–Kier alpha value is -1.71. The highest BCUT2D eigenvalue weighted by molar-refractivity contribution is 7.90. The third kappa shape index (κ3) is 4.16. The monoisotopic (exact) mass is 411 g/mol. The van der Waals surface area contributed by atoms with Gasteiger partial charge in [0.25, 0.3) is 0 Å². The first kappa shape index (κ1) is 19.1. The van der Waals surface area contributed by atoms with E-state index in [0.717, 1.165) is 16.9 Å². The molecule has 0 atom stereocenters. The lowest BCUT2D eigenvalue weighted by atomic mass is 10.2. The molecule has 3 rings (SSSR count). The molecule has 0 unspecified atom stereocenters. The van der Waals surface area contributed by atoms with Gasteiger partial charge in [-0.25, -0.2) is 13.1 Å². The normalized spacial score (nSPS) is 11.9. The number of aryl methyl sites for hydroxylation is 1. The highest BCUT2D eigenvalue weighted by atomic mass is 35.5. The summed E-state index contributed by atoms with van der Waals surface area (Å²) in [5.41, 5.74) is 1.64. The van der Waals surface area contributed by atoms with Gasteiger partial charge < -0.3 is 9.88 Å². The van der Waals surface area contributed by atoms with Crippen molar-refractivity contribution in [3.05, 3.63) is 62.7 Å². The van der Waals surface area contributed by atoms with Crippen molar-refractivity contribution in [1.29, 1.82) is 0 Å². The predicted octanol–water partition coefficient (Wildman–Crippen LogP) is 2.32. The van der Waals surface area contributed by atoms with Crippen LogP contribution in [-0.4, -0.2) is 26.1 Å². The Labute approximate surface area is 160 Å². The third-order valence-electron chi connectivity index (χ3n) is 3.88. The van der Waals surface area contributed by atoms with E-state index in [1.54, 1.807) is 25.2 Å². The zero-order valence-electron chi connectivity index (χ0n) is 14.0. The maximum Gasteiger partial charge on any atom is 0.307 e. The number of nitrogens with zero attached hydrogens (tertiary/aromatic N) is 1. The van der Waals surface area contributed by atoms with Gasteiger partial charge >= 0.3 is 4.87 Å². The Bertz CT molecular complexity index is 1090. The zero-order chi connectivity index (χ0) is 18.7. The number of fused-ring (bicyclic) bond motifs is 1. The van der Waals surface area contributed by atoms with Crippen molar-refractivity contribution in [2.75, 3.05) is 13.1 Å². The second kappa shape index (κ2) is 7.89. The summed E-state index contributed by atoms with van der Waals surface area (Å²) in [7, 11) is -2.07. The van der Waals surface area contributed by atoms with Gasteiger partial charge in [-0.2, -0.15) is 0 Å². The van der Waals surface area contributed by atoms with E-state index in [1.165, 1.54) is 10.6 Å². The van der Waals surface area contributed by atoms with E-state index < -0.39 is 10.0 Å². The summed E-state index contributed by atoms with van der Waals surface area (Å²) in [4.78, 5) is 11.8. The molecular weight excluding hydrogens is 394 g/mol. The van der Waals surface area contributed by atoms with Crippen LogP contribution >= 0.6 is 22.9 Å². The second-order valence-electron chi connectivity index (χ2n) is 5.74. The van der Waals surface area contributed by atoms with Crippen LogP contribution in [0, 0.1) is 0 Å². The van der Waals surface area contributed by atoms with Crippen molar-refractivity contribution >= 4 is 43.2 Å². The average Bonchev–Trinajstić information content (AvgIpc) is 2.89. The molecule has 0 saturated carbocycles. The molecule has 0 aliphatic carbocycles. The summed E-state index contributed by atoms with van der Waals surface area (Å²) in [5.74, 6) is 0. The van der Waals surface area contributed by atoms with E-state index in [0.29, 0.717) is 28.3 Å². The molecule has 3 aromatic rings. The van der Waals surface area contributed by atoms with Gasteiger partial charge in [0.15, 0.2) is 0 Å². The number of nitrogens with one attached hydrogen (secondary N) is 2. The van der Waals surface area contributed by atoms with Crippen molar-refractivity contribution < 1.29 is 8.42 Å². The number of rotatable bonds is 7. The molecule has 0 bridgehead atoms. The smallest absolute Gasteiger partial charge is 0.307 e. The SMILES string of the molecule is Cn1c(=O)sc2c(S(=O)(=O)NCCNCc3cccc(Cl)c3)cccc21. The van der Waals surface area contributed by atoms with Crippen molar-refractivity contribution in [3.8, 4) is 0 Å². The Kier molecular flexibility index (Phi) is 5.79. The molecule has 0 aliphatic heterocycles. The number of sulfonamides is 1. The summed E-state index contributed by atoms with van der Waals surface area (Å²) in [6.07, 6.45) is 0. The maximum absolute atomic E-state index is 12.6. The number of hydrogen-bond acceptors (Lipinski definition) is 5. The molecule has 1 heterocycles. The van der Waals surface area contributed by atoms with E-state index >= 15 is 0 Å². The second-order valence-corrected chi connectivity index (χ2v) is 8.87. The molecule has 0 aliphatic rings. The van der Waals surface area contributed by atoms with E-state index in [-0.39, 0.29) is 16.3 Å². The third-order valence-corrected chi connectivity index (χ3v) is 6.83. The molecule has 0 amide bonds. The van der Waals surface area contributed by atoms with Gasteiger partial charge in [0.05, 0.1) is 10.2 Å². The number of thiazole rings is 1. The van der Waals surface area contributed by atoms with Gasteiger partial charge in [0.2, 0.25) is 10.0 Å². The molecule has 0 spiro atoms. The number of aromatic nitrogens is 1. The summed E-state index contributed by atoms with van der Waals surface area (Å²) in [6, 6.07) is 12.4. The van der Waals surface area contributed by atoms with Crippen LogP contribution in [0.5, 0.6) is 0 Å². The van der Waals surface area contributed by atoms with Crippen LogP contribution in [0.3, 0.4) is 0 Å². The fourth-order valence-electron chi connectivity index (χ4n) is 2.57. The topological polar surface area (TPSA) is 80.2 Å². The molecule has 0 radical (unpaired) electrons. The van der Waals surface area contributed by atoms with Gasteiger partial charge in [-0.3, -0.25) is 4.79 Å². The first-order valence-electron chi connectivity index (χ1n) is 7.92. The van der Waals surface area contributed by atoms with Crippen LogP contribution in [0.4, 0.5) is 0 Å². The first-order chi connectivity index (χ1) is 12.4. The molecule has 6 nitrogen and oxygen atoms in total. The Morgan fingerprint density at radius 1 is 1.15 bits per heavy atom. The van der Waals surface area contributed by atoms with Crippen molar-refractivity contribution in [1.82, 2.24) is 14.6 Å². The van der Waals surface area contributed by atoms with Gasteiger partial charge in [-0.05, 0) is 29.8 Å². The minimum atomic E-state index is -3.70. The molecule has 138 valence electrons.